The van der Waals surface area contributed by atoms with Crippen LogP contribution in [0.4, 0.5) is 0 Å². The second kappa shape index (κ2) is 4.65. The highest BCUT2D eigenvalue weighted by Gasteiger charge is 2.25. The average molecular weight is 244 g/mol. The molecule has 0 spiro atoms. The lowest BCUT2D eigenvalue weighted by Gasteiger charge is -2.27. The summed E-state index contributed by atoms with van der Waals surface area (Å²) in [5.74, 6) is 0.476. The fourth-order valence-corrected chi connectivity index (χ4v) is 3.09. The highest BCUT2D eigenvalue weighted by molar-refractivity contribution is 7.81. The topological polar surface area (TPSA) is 25.8 Å². The summed E-state index contributed by atoms with van der Waals surface area (Å²) in [6.45, 7) is 0. The van der Waals surface area contributed by atoms with Crippen molar-refractivity contribution in [2.45, 2.75) is 36.9 Å². The van der Waals surface area contributed by atoms with Crippen molar-refractivity contribution in [1.82, 2.24) is 9.97 Å². The monoisotopic (exact) mass is 244 g/mol. The number of benzene rings is 1. The first-order valence-corrected chi connectivity index (χ1v) is 6.76. The molecule has 2 unspecified atom stereocenters. The molecular weight excluding hydrogens is 228 g/mol. The first-order chi connectivity index (χ1) is 8.34. The molecule has 1 saturated carbocycles. The van der Waals surface area contributed by atoms with E-state index < -0.39 is 0 Å². The van der Waals surface area contributed by atoms with Gasteiger partial charge < -0.3 is 0 Å². The normalized spacial score (nSPS) is 25.0. The van der Waals surface area contributed by atoms with Gasteiger partial charge in [-0.25, -0.2) is 4.98 Å². The van der Waals surface area contributed by atoms with E-state index in [1.165, 1.54) is 25.7 Å². The van der Waals surface area contributed by atoms with Gasteiger partial charge in [0.2, 0.25) is 0 Å². The van der Waals surface area contributed by atoms with Crippen molar-refractivity contribution in [1.29, 1.82) is 0 Å². The molecule has 1 heterocycles. The molecule has 0 bridgehead atoms. The first-order valence-electron chi connectivity index (χ1n) is 6.24. The summed E-state index contributed by atoms with van der Waals surface area (Å²) >= 11 is 4.69. The minimum atomic E-state index is 0.444. The molecule has 0 saturated heterocycles. The van der Waals surface area contributed by atoms with Gasteiger partial charge in [-0.3, -0.25) is 4.98 Å². The van der Waals surface area contributed by atoms with E-state index in [2.05, 4.69) is 4.98 Å². The Kier molecular flexibility index (Phi) is 3.02. The van der Waals surface area contributed by atoms with Gasteiger partial charge in [-0.1, -0.05) is 25.0 Å². The Bertz CT molecular complexity index is 526. The lowest BCUT2D eigenvalue weighted by molar-refractivity contribution is 0.450. The SMILES string of the molecule is SC1CCCCC1c1cnc2ccccc2n1. The molecule has 2 atom stereocenters. The lowest BCUT2D eigenvalue weighted by Crippen LogP contribution is -2.19. The van der Waals surface area contributed by atoms with Crippen LogP contribution in [0.15, 0.2) is 30.5 Å². The molecule has 0 radical (unpaired) electrons. The Balaban J connectivity index is 1.99. The van der Waals surface area contributed by atoms with E-state index in [1.54, 1.807) is 0 Å². The van der Waals surface area contributed by atoms with Crippen LogP contribution in [-0.2, 0) is 0 Å². The number of hydrogen-bond donors (Lipinski definition) is 1. The molecule has 3 rings (SSSR count). The highest BCUT2D eigenvalue weighted by atomic mass is 32.1. The van der Waals surface area contributed by atoms with E-state index in [0.29, 0.717) is 11.2 Å². The summed E-state index contributed by atoms with van der Waals surface area (Å²) in [6, 6.07) is 8.05. The standard InChI is InChI=1S/C14H16N2S/c17-14-8-4-1-5-10(14)13-9-15-11-6-2-3-7-12(11)16-13/h2-3,6-7,9-10,14,17H,1,4-5,8H2. The third-order valence-electron chi connectivity index (χ3n) is 3.58. The maximum absolute atomic E-state index is 4.74. The van der Waals surface area contributed by atoms with E-state index in [9.17, 15) is 0 Å². The predicted octanol–water partition coefficient (Wildman–Crippen LogP) is 3.59. The van der Waals surface area contributed by atoms with Gasteiger partial charge in [-0.2, -0.15) is 12.6 Å². The summed E-state index contributed by atoms with van der Waals surface area (Å²) in [5, 5.41) is 0.444. The number of aromatic nitrogens is 2. The van der Waals surface area contributed by atoms with E-state index in [-0.39, 0.29) is 0 Å². The van der Waals surface area contributed by atoms with Gasteiger partial charge in [0, 0.05) is 17.4 Å². The number of hydrogen-bond acceptors (Lipinski definition) is 3. The van der Waals surface area contributed by atoms with E-state index in [0.717, 1.165) is 16.7 Å². The number of thiol groups is 1. The molecule has 2 aromatic rings. The van der Waals surface area contributed by atoms with Crippen LogP contribution in [0.5, 0.6) is 0 Å². The molecule has 3 heteroatoms. The Hall–Kier alpha value is -1.09. The number of para-hydroxylation sites is 2. The average Bonchev–Trinajstić information content (AvgIpc) is 2.39. The predicted molar refractivity (Wildman–Crippen MR) is 73.5 cm³/mol. The number of nitrogens with zero attached hydrogens (tertiary/aromatic N) is 2. The van der Waals surface area contributed by atoms with E-state index in [4.69, 9.17) is 17.6 Å². The van der Waals surface area contributed by atoms with Crippen LogP contribution < -0.4 is 0 Å². The molecule has 2 nitrogen and oxygen atoms in total. The zero-order chi connectivity index (χ0) is 11.7. The lowest BCUT2D eigenvalue weighted by atomic mass is 9.86. The van der Waals surface area contributed by atoms with Gasteiger partial charge in [0.1, 0.15) is 0 Å². The molecule has 0 amide bonds. The van der Waals surface area contributed by atoms with Crippen LogP contribution in [0, 0.1) is 0 Å². The Morgan fingerprint density at radius 2 is 1.82 bits per heavy atom. The quantitative estimate of drug-likeness (QED) is 0.776. The smallest absolute Gasteiger partial charge is 0.0890 e. The van der Waals surface area contributed by atoms with Crippen molar-refractivity contribution in [3.05, 3.63) is 36.2 Å². The van der Waals surface area contributed by atoms with Crippen molar-refractivity contribution in [3.8, 4) is 0 Å². The third kappa shape index (κ3) is 2.16. The Morgan fingerprint density at radius 3 is 2.65 bits per heavy atom. The maximum Gasteiger partial charge on any atom is 0.0890 e. The van der Waals surface area contributed by atoms with Crippen molar-refractivity contribution < 1.29 is 0 Å². The molecule has 17 heavy (non-hydrogen) atoms. The van der Waals surface area contributed by atoms with Crippen molar-refractivity contribution in [2.24, 2.45) is 0 Å². The summed E-state index contributed by atoms with van der Waals surface area (Å²) in [5.41, 5.74) is 3.09. The molecule has 0 aliphatic heterocycles. The van der Waals surface area contributed by atoms with Crippen LogP contribution in [0.2, 0.25) is 0 Å². The molecule has 88 valence electrons. The fourth-order valence-electron chi connectivity index (χ4n) is 2.61. The van der Waals surface area contributed by atoms with E-state index in [1.807, 2.05) is 30.5 Å². The second-order valence-electron chi connectivity index (χ2n) is 4.74. The largest absolute Gasteiger partial charge is 0.253 e. The molecule has 1 fully saturated rings. The van der Waals surface area contributed by atoms with Gasteiger partial charge in [0.15, 0.2) is 0 Å². The molecule has 1 aliphatic rings. The van der Waals surface area contributed by atoms with Gasteiger partial charge in [-0.15, -0.1) is 0 Å². The second-order valence-corrected chi connectivity index (χ2v) is 5.41. The fraction of sp³-hybridized carbons (Fsp3) is 0.429. The van der Waals surface area contributed by atoms with Crippen molar-refractivity contribution in [3.63, 3.8) is 0 Å². The first kappa shape index (κ1) is 11.0. The van der Waals surface area contributed by atoms with Crippen LogP contribution in [0.25, 0.3) is 11.0 Å². The van der Waals surface area contributed by atoms with Crippen LogP contribution in [-0.4, -0.2) is 15.2 Å². The number of rotatable bonds is 1. The molecule has 1 aromatic carbocycles. The summed E-state index contributed by atoms with van der Waals surface area (Å²) in [7, 11) is 0. The minimum Gasteiger partial charge on any atom is -0.253 e. The van der Waals surface area contributed by atoms with E-state index >= 15 is 0 Å². The van der Waals surface area contributed by atoms with Crippen molar-refractivity contribution >= 4 is 23.7 Å². The highest BCUT2D eigenvalue weighted by Crippen LogP contribution is 2.35. The van der Waals surface area contributed by atoms with Crippen LogP contribution in [0.3, 0.4) is 0 Å². The summed E-state index contributed by atoms with van der Waals surface area (Å²) in [4.78, 5) is 9.23. The molecule has 1 aliphatic carbocycles. The van der Waals surface area contributed by atoms with Crippen LogP contribution >= 0.6 is 12.6 Å². The molecular formula is C14H16N2S. The van der Waals surface area contributed by atoms with Crippen LogP contribution in [0.1, 0.15) is 37.3 Å². The Morgan fingerprint density at radius 1 is 1.06 bits per heavy atom. The van der Waals surface area contributed by atoms with Gasteiger partial charge in [0.05, 0.1) is 16.7 Å². The third-order valence-corrected chi connectivity index (χ3v) is 4.19. The van der Waals surface area contributed by atoms with Gasteiger partial charge >= 0.3 is 0 Å². The zero-order valence-electron chi connectivity index (χ0n) is 9.71. The Labute approximate surface area is 107 Å². The van der Waals surface area contributed by atoms with Crippen molar-refractivity contribution in [2.75, 3.05) is 0 Å². The molecule has 1 aromatic heterocycles. The minimum absolute atomic E-state index is 0.444. The maximum atomic E-state index is 4.74. The van der Waals surface area contributed by atoms with Gasteiger partial charge in [0.25, 0.3) is 0 Å². The summed E-state index contributed by atoms with van der Waals surface area (Å²) < 4.78 is 0. The molecule has 0 N–H and O–H groups in total. The zero-order valence-corrected chi connectivity index (χ0v) is 10.6. The number of fused-ring (bicyclic) bond motifs is 1. The summed E-state index contributed by atoms with van der Waals surface area (Å²) in [6.07, 6.45) is 6.91. The van der Waals surface area contributed by atoms with Gasteiger partial charge in [-0.05, 0) is 25.0 Å².